The van der Waals surface area contributed by atoms with E-state index in [0.717, 1.165) is 5.56 Å². The van der Waals surface area contributed by atoms with Gasteiger partial charge in [0.25, 0.3) is 5.91 Å². The van der Waals surface area contributed by atoms with Crippen LogP contribution in [0.15, 0.2) is 24.3 Å². The first-order valence-electron chi connectivity index (χ1n) is 8.50. The summed E-state index contributed by atoms with van der Waals surface area (Å²) in [7, 11) is 0.0965. The number of rotatable bonds is 2. The van der Waals surface area contributed by atoms with Crippen LogP contribution >= 0.6 is 0 Å². The highest BCUT2D eigenvalue weighted by molar-refractivity contribution is 7.92. The Balaban J connectivity index is 1.89. The summed E-state index contributed by atoms with van der Waals surface area (Å²) in [5, 5.41) is -0.636. The van der Waals surface area contributed by atoms with E-state index in [9.17, 15) is 18.0 Å². The molecule has 2 aliphatic heterocycles. The predicted molar refractivity (Wildman–Crippen MR) is 94.9 cm³/mol. The van der Waals surface area contributed by atoms with Crippen molar-refractivity contribution < 1.29 is 18.0 Å². The van der Waals surface area contributed by atoms with Crippen molar-refractivity contribution >= 4 is 21.7 Å². The molecule has 2 heterocycles. The number of sulfone groups is 1. The number of nitrogens with zero attached hydrogens (tertiary/aromatic N) is 2. The Morgan fingerprint density at radius 3 is 2.48 bits per heavy atom. The van der Waals surface area contributed by atoms with E-state index >= 15 is 0 Å². The monoisotopic (exact) mass is 364 g/mol. The number of hydrogen-bond acceptors (Lipinski definition) is 4. The number of likely N-dealkylation sites (tertiary alicyclic amines) is 1. The lowest BCUT2D eigenvalue weighted by molar-refractivity contribution is -0.134. The van der Waals surface area contributed by atoms with Gasteiger partial charge in [-0.2, -0.15) is 0 Å². The largest absolute Gasteiger partial charge is 0.349 e. The fraction of sp³-hybridized carbons (Fsp3) is 0.556. The molecule has 0 aliphatic carbocycles. The van der Waals surface area contributed by atoms with E-state index < -0.39 is 15.1 Å². The third kappa shape index (κ3) is 3.17. The molecule has 0 spiro atoms. The van der Waals surface area contributed by atoms with Gasteiger partial charge >= 0.3 is 0 Å². The number of fused-ring (bicyclic) bond motifs is 1. The molecule has 2 saturated heterocycles. The first kappa shape index (κ1) is 17.9. The fourth-order valence-corrected chi connectivity index (χ4v) is 6.11. The summed E-state index contributed by atoms with van der Waals surface area (Å²) in [5.41, 5.74) is 1.46. The molecule has 0 unspecified atom stereocenters. The normalized spacial score (nSPS) is 27.6. The molecule has 0 bridgehead atoms. The van der Waals surface area contributed by atoms with Crippen LogP contribution in [0.2, 0.25) is 0 Å². The molecule has 136 valence electrons. The molecule has 3 rings (SSSR count). The lowest BCUT2D eigenvalue weighted by atomic mass is 9.87. The molecule has 1 aromatic carbocycles. The van der Waals surface area contributed by atoms with Crippen molar-refractivity contribution in [1.82, 2.24) is 9.80 Å². The average Bonchev–Trinajstić information content (AvgIpc) is 3.01. The van der Waals surface area contributed by atoms with Crippen molar-refractivity contribution in [2.45, 2.75) is 18.6 Å². The van der Waals surface area contributed by atoms with E-state index in [1.54, 1.807) is 31.1 Å². The Kier molecular flexibility index (Phi) is 4.62. The lowest BCUT2D eigenvalue weighted by Crippen LogP contribution is -2.46. The first-order chi connectivity index (χ1) is 11.7. The zero-order valence-corrected chi connectivity index (χ0v) is 15.6. The quantitative estimate of drug-likeness (QED) is 0.783. The molecule has 7 heteroatoms. The minimum absolute atomic E-state index is 0.0187. The summed E-state index contributed by atoms with van der Waals surface area (Å²) in [5.74, 6) is -0.834. The van der Waals surface area contributed by atoms with Gasteiger partial charge in [-0.25, -0.2) is 8.42 Å². The van der Waals surface area contributed by atoms with Crippen LogP contribution in [0.1, 0.15) is 22.3 Å². The van der Waals surface area contributed by atoms with E-state index in [-0.39, 0.29) is 35.9 Å². The zero-order chi connectivity index (χ0) is 18.4. The minimum atomic E-state index is -3.28. The lowest BCUT2D eigenvalue weighted by Gasteiger charge is -2.33. The van der Waals surface area contributed by atoms with E-state index in [0.29, 0.717) is 18.5 Å². The van der Waals surface area contributed by atoms with Crippen molar-refractivity contribution in [3.63, 3.8) is 0 Å². The average molecular weight is 364 g/mol. The standard InChI is InChI=1S/C18H24N2O4S/c1-12-6-4-5-7-13(12)18(22)20-10-15-14(17(21)19(2)3)8-9-25(23,24)16(15)11-20/h4-7,14-16H,8-11H2,1-3H3/t14-,15-,16-/m1/s1. The number of carbonyl (C=O) groups excluding carboxylic acids is 2. The molecule has 6 nitrogen and oxygen atoms in total. The molecule has 2 aliphatic rings. The summed E-state index contributed by atoms with van der Waals surface area (Å²) >= 11 is 0. The maximum absolute atomic E-state index is 12.9. The molecule has 25 heavy (non-hydrogen) atoms. The molecule has 1 aromatic rings. The molecule has 2 fully saturated rings. The highest BCUT2D eigenvalue weighted by atomic mass is 32.2. The van der Waals surface area contributed by atoms with Crippen LogP contribution in [0, 0.1) is 18.8 Å². The van der Waals surface area contributed by atoms with Gasteiger partial charge in [-0.15, -0.1) is 0 Å². The fourth-order valence-electron chi connectivity index (χ4n) is 4.01. The molecule has 0 saturated carbocycles. The van der Waals surface area contributed by atoms with Gasteiger partial charge in [0.1, 0.15) is 0 Å². The second-order valence-corrected chi connectivity index (χ2v) is 9.56. The van der Waals surface area contributed by atoms with Gasteiger partial charge in [0.2, 0.25) is 5.91 Å². The highest BCUT2D eigenvalue weighted by Crippen LogP contribution is 2.38. The highest BCUT2D eigenvalue weighted by Gasteiger charge is 2.51. The zero-order valence-electron chi connectivity index (χ0n) is 14.8. The van der Waals surface area contributed by atoms with Gasteiger partial charge < -0.3 is 9.80 Å². The number of hydrogen-bond donors (Lipinski definition) is 0. The first-order valence-corrected chi connectivity index (χ1v) is 10.2. The van der Waals surface area contributed by atoms with E-state index in [1.165, 1.54) is 4.90 Å². The van der Waals surface area contributed by atoms with Crippen LogP contribution < -0.4 is 0 Å². The van der Waals surface area contributed by atoms with Crippen LogP contribution in [0.5, 0.6) is 0 Å². The van der Waals surface area contributed by atoms with Crippen LogP contribution in [0.4, 0.5) is 0 Å². The Bertz CT molecular complexity index is 803. The SMILES string of the molecule is Cc1ccccc1C(=O)N1C[C@H]2[C@@H](C1)S(=O)(=O)CC[C@H]2C(=O)N(C)C. The topological polar surface area (TPSA) is 74.8 Å². The van der Waals surface area contributed by atoms with Crippen LogP contribution in [-0.2, 0) is 14.6 Å². The molecule has 3 atom stereocenters. The summed E-state index contributed by atoms with van der Waals surface area (Å²) in [6, 6.07) is 7.30. The third-order valence-corrected chi connectivity index (χ3v) is 7.65. The summed E-state index contributed by atoms with van der Waals surface area (Å²) < 4.78 is 25.0. The molecule has 0 aromatic heterocycles. The second kappa shape index (κ2) is 6.44. The number of carbonyl (C=O) groups is 2. The van der Waals surface area contributed by atoms with Crippen molar-refractivity contribution in [2.24, 2.45) is 11.8 Å². The maximum atomic E-state index is 12.9. The number of amides is 2. The molecule has 0 N–H and O–H groups in total. The van der Waals surface area contributed by atoms with E-state index in [2.05, 4.69) is 0 Å². The number of aryl methyl sites for hydroxylation is 1. The summed E-state index contributed by atoms with van der Waals surface area (Å²) in [6.45, 7) is 2.37. The molecular weight excluding hydrogens is 340 g/mol. The van der Waals surface area contributed by atoms with E-state index in [1.807, 2.05) is 19.1 Å². The van der Waals surface area contributed by atoms with Crippen molar-refractivity contribution in [3.8, 4) is 0 Å². The van der Waals surface area contributed by atoms with Crippen molar-refractivity contribution in [3.05, 3.63) is 35.4 Å². The summed E-state index contributed by atoms with van der Waals surface area (Å²) in [4.78, 5) is 28.5. The van der Waals surface area contributed by atoms with Gasteiger partial charge in [-0.05, 0) is 25.0 Å². The number of benzene rings is 1. The van der Waals surface area contributed by atoms with Gasteiger partial charge in [0.15, 0.2) is 9.84 Å². The van der Waals surface area contributed by atoms with Crippen LogP contribution in [-0.4, -0.2) is 68.2 Å². The summed E-state index contributed by atoms with van der Waals surface area (Å²) in [6.07, 6.45) is 0.340. The minimum Gasteiger partial charge on any atom is -0.349 e. The molecular formula is C18H24N2O4S. The van der Waals surface area contributed by atoms with Gasteiger partial charge in [-0.3, -0.25) is 9.59 Å². The van der Waals surface area contributed by atoms with Crippen LogP contribution in [0.3, 0.4) is 0 Å². The molecule has 2 amide bonds. The maximum Gasteiger partial charge on any atom is 0.254 e. The van der Waals surface area contributed by atoms with Gasteiger partial charge in [0, 0.05) is 44.6 Å². The van der Waals surface area contributed by atoms with Crippen molar-refractivity contribution in [2.75, 3.05) is 32.9 Å². The van der Waals surface area contributed by atoms with Crippen LogP contribution in [0.25, 0.3) is 0 Å². The Hall–Kier alpha value is -1.89. The van der Waals surface area contributed by atoms with Crippen molar-refractivity contribution in [1.29, 1.82) is 0 Å². The molecule has 0 radical (unpaired) electrons. The smallest absolute Gasteiger partial charge is 0.254 e. The third-order valence-electron chi connectivity index (χ3n) is 5.42. The van der Waals surface area contributed by atoms with Gasteiger partial charge in [-0.1, -0.05) is 18.2 Å². The predicted octanol–water partition coefficient (Wildman–Crippen LogP) is 0.959. The Morgan fingerprint density at radius 1 is 1.16 bits per heavy atom. The Labute approximate surface area is 148 Å². The second-order valence-electron chi connectivity index (χ2n) is 7.22. The van der Waals surface area contributed by atoms with E-state index in [4.69, 9.17) is 0 Å². The Morgan fingerprint density at radius 2 is 1.84 bits per heavy atom. The van der Waals surface area contributed by atoms with Gasteiger partial charge in [0.05, 0.1) is 11.0 Å².